The first-order valence-electron chi connectivity index (χ1n) is 6.43. The first kappa shape index (κ1) is 12.8. The molecule has 1 heterocycles. The van der Waals surface area contributed by atoms with Gasteiger partial charge in [0.15, 0.2) is 0 Å². The lowest BCUT2D eigenvalue weighted by molar-refractivity contribution is 0.576. The van der Waals surface area contributed by atoms with Gasteiger partial charge in [0.2, 0.25) is 0 Å². The van der Waals surface area contributed by atoms with Gasteiger partial charge in [-0.3, -0.25) is 4.68 Å². The summed E-state index contributed by atoms with van der Waals surface area (Å²) in [5.41, 5.74) is 4.03. The van der Waals surface area contributed by atoms with Crippen LogP contribution in [0.3, 0.4) is 0 Å². The van der Waals surface area contributed by atoms with E-state index in [2.05, 4.69) is 54.7 Å². The smallest absolute Gasteiger partial charge is 0.0537 e. The number of nitrogens with zero attached hydrogens (tertiary/aromatic N) is 2. The van der Waals surface area contributed by atoms with E-state index in [1.807, 2.05) is 17.9 Å². The summed E-state index contributed by atoms with van der Waals surface area (Å²) < 4.78 is 1.84. The highest BCUT2D eigenvalue weighted by atomic mass is 15.2. The lowest BCUT2D eigenvalue weighted by Gasteiger charge is -2.12. The number of benzene rings is 1. The average molecular weight is 243 g/mol. The van der Waals surface area contributed by atoms with E-state index in [0.717, 1.165) is 13.0 Å². The molecule has 18 heavy (non-hydrogen) atoms. The third-order valence-electron chi connectivity index (χ3n) is 3.33. The molecule has 1 N–H and O–H groups in total. The quantitative estimate of drug-likeness (QED) is 0.875. The first-order valence-corrected chi connectivity index (χ1v) is 6.43. The van der Waals surface area contributed by atoms with Crippen LogP contribution in [0.2, 0.25) is 0 Å². The standard InChI is InChI=1S/C15H21N3/c1-12-6-4-5-7-14(12)8-9-16-13(2)15-10-17-18(3)11-15/h4-7,10-11,13,16H,8-9H2,1-3H3. The molecule has 3 heteroatoms. The third-order valence-corrected chi connectivity index (χ3v) is 3.33. The lowest BCUT2D eigenvalue weighted by Crippen LogP contribution is -2.21. The number of aryl methyl sites for hydroxylation is 2. The summed E-state index contributed by atoms with van der Waals surface area (Å²) in [5, 5.41) is 7.73. The second-order valence-electron chi connectivity index (χ2n) is 4.80. The summed E-state index contributed by atoms with van der Waals surface area (Å²) in [6, 6.07) is 8.91. The van der Waals surface area contributed by atoms with E-state index in [9.17, 15) is 0 Å². The Labute approximate surface area is 109 Å². The van der Waals surface area contributed by atoms with Crippen LogP contribution >= 0.6 is 0 Å². The molecule has 2 rings (SSSR count). The van der Waals surface area contributed by atoms with Crippen molar-refractivity contribution in [3.8, 4) is 0 Å². The zero-order chi connectivity index (χ0) is 13.0. The summed E-state index contributed by atoms with van der Waals surface area (Å²) >= 11 is 0. The summed E-state index contributed by atoms with van der Waals surface area (Å²) in [4.78, 5) is 0. The predicted molar refractivity (Wildman–Crippen MR) is 74.5 cm³/mol. The van der Waals surface area contributed by atoms with Crippen LogP contribution in [0.25, 0.3) is 0 Å². The van der Waals surface area contributed by atoms with Crippen molar-refractivity contribution in [2.24, 2.45) is 7.05 Å². The fourth-order valence-corrected chi connectivity index (χ4v) is 2.10. The SMILES string of the molecule is Cc1ccccc1CCNC(C)c1cnn(C)c1. The summed E-state index contributed by atoms with van der Waals surface area (Å²) in [6.45, 7) is 5.33. The van der Waals surface area contributed by atoms with Gasteiger partial charge < -0.3 is 5.32 Å². The van der Waals surface area contributed by atoms with Gasteiger partial charge in [0.25, 0.3) is 0 Å². The van der Waals surface area contributed by atoms with Gasteiger partial charge in [0.05, 0.1) is 6.20 Å². The van der Waals surface area contributed by atoms with Crippen LogP contribution in [0.4, 0.5) is 0 Å². The molecule has 0 saturated carbocycles. The highest BCUT2D eigenvalue weighted by molar-refractivity contribution is 5.25. The van der Waals surface area contributed by atoms with Gasteiger partial charge in [0.1, 0.15) is 0 Å². The molecule has 2 aromatic rings. The van der Waals surface area contributed by atoms with Crippen LogP contribution in [0.5, 0.6) is 0 Å². The van der Waals surface area contributed by atoms with Gasteiger partial charge in [-0.1, -0.05) is 24.3 Å². The van der Waals surface area contributed by atoms with Gasteiger partial charge in [-0.25, -0.2) is 0 Å². The molecule has 1 unspecified atom stereocenters. The number of hydrogen-bond acceptors (Lipinski definition) is 2. The minimum atomic E-state index is 0.350. The number of hydrogen-bond donors (Lipinski definition) is 1. The molecule has 3 nitrogen and oxygen atoms in total. The first-order chi connectivity index (χ1) is 8.66. The van der Waals surface area contributed by atoms with Gasteiger partial charge >= 0.3 is 0 Å². The van der Waals surface area contributed by atoms with Gasteiger partial charge in [-0.05, 0) is 37.9 Å². The van der Waals surface area contributed by atoms with Crippen molar-refractivity contribution in [1.82, 2.24) is 15.1 Å². The molecule has 1 aromatic carbocycles. The maximum atomic E-state index is 4.19. The van der Waals surface area contributed by atoms with E-state index in [-0.39, 0.29) is 0 Å². The molecule has 0 aliphatic rings. The van der Waals surface area contributed by atoms with Crippen molar-refractivity contribution < 1.29 is 0 Å². The summed E-state index contributed by atoms with van der Waals surface area (Å²) in [6.07, 6.45) is 5.05. The number of aromatic nitrogens is 2. The molecule has 0 saturated heterocycles. The fraction of sp³-hybridized carbons (Fsp3) is 0.400. The third kappa shape index (κ3) is 3.20. The normalized spacial score (nSPS) is 12.6. The Morgan fingerprint density at radius 2 is 2.11 bits per heavy atom. The topological polar surface area (TPSA) is 29.9 Å². The van der Waals surface area contributed by atoms with E-state index in [1.54, 1.807) is 0 Å². The van der Waals surface area contributed by atoms with Crippen LogP contribution in [0, 0.1) is 6.92 Å². The molecule has 1 aromatic heterocycles. The average Bonchev–Trinajstić information content (AvgIpc) is 2.78. The van der Waals surface area contributed by atoms with Gasteiger partial charge in [0, 0.05) is 24.8 Å². The molecule has 0 aliphatic heterocycles. The van der Waals surface area contributed by atoms with Gasteiger partial charge in [-0.15, -0.1) is 0 Å². The number of nitrogens with one attached hydrogen (secondary N) is 1. The van der Waals surface area contributed by atoms with Crippen molar-refractivity contribution in [2.45, 2.75) is 26.3 Å². The van der Waals surface area contributed by atoms with E-state index in [0.29, 0.717) is 6.04 Å². The minimum absolute atomic E-state index is 0.350. The van der Waals surface area contributed by atoms with Crippen molar-refractivity contribution in [3.63, 3.8) is 0 Å². The van der Waals surface area contributed by atoms with Crippen LogP contribution in [0.1, 0.15) is 29.7 Å². The number of rotatable bonds is 5. The van der Waals surface area contributed by atoms with Crippen molar-refractivity contribution in [3.05, 3.63) is 53.3 Å². The Morgan fingerprint density at radius 3 is 2.78 bits per heavy atom. The lowest BCUT2D eigenvalue weighted by atomic mass is 10.1. The molecule has 1 atom stereocenters. The van der Waals surface area contributed by atoms with Crippen molar-refractivity contribution >= 4 is 0 Å². The molecule has 0 amide bonds. The van der Waals surface area contributed by atoms with Crippen LogP contribution in [-0.2, 0) is 13.5 Å². The van der Waals surface area contributed by atoms with Crippen molar-refractivity contribution in [1.29, 1.82) is 0 Å². The predicted octanol–water partition coefficient (Wildman–Crippen LogP) is 2.62. The second kappa shape index (κ2) is 5.83. The highest BCUT2D eigenvalue weighted by Crippen LogP contribution is 2.11. The van der Waals surface area contributed by atoms with E-state index < -0.39 is 0 Å². The second-order valence-corrected chi connectivity index (χ2v) is 4.80. The molecule has 0 aliphatic carbocycles. The Kier molecular flexibility index (Phi) is 4.15. The zero-order valence-electron chi connectivity index (χ0n) is 11.4. The molecule has 0 bridgehead atoms. The van der Waals surface area contributed by atoms with E-state index >= 15 is 0 Å². The Hall–Kier alpha value is -1.61. The highest BCUT2D eigenvalue weighted by Gasteiger charge is 2.06. The molecule has 0 fully saturated rings. The Morgan fingerprint density at radius 1 is 1.33 bits per heavy atom. The van der Waals surface area contributed by atoms with Crippen LogP contribution in [-0.4, -0.2) is 16.3 Å². The van der Waals surface area contributed by atoms with E-state index in [4.69, 9.17) is 0 Å². The zero-order valence-corrected chi connectivity index (χ0v) is 11.4. The Bertz CT molecular complexity index is 502. The largest absolute Gasteiger partial charge is 0.310 e. The van der Waals surface area contributed by atoms with Crippen LogP contribution < -0.4 is 5.32 Å². The molecule has 0 spiro atoms. The van der Waals surface area contributed by atoms with Crippen LogP contribution in [0.15, 0.2) is 36.7 Å². The maximum absolute atomic E-state index is 4.19. The molecule has 0 radical (unpaired) electrons. The minimum Gasteiger partial charge on any atom is -0.310 e. The summed E-state index contributed by atoms with van der Waals surface area (Å²) in [5.74, 6) is 0. The molecular weight excluding hydrogens is 222 g/mol. The molecular formula is C15H21N3. The van der Waals surface area contributed by atoms with Crippen molar-refractivity contribution in [2.75, 3.05) is 6.54 Å². The summed E-state index contributed by atoms with van der Waals surface area (Å²) in [7, 11) is 1.95. The maximum Gasteiger partial charge on any atom is 0.0537 e. The monoisotopic (exact) mass is 243 g/mol. The molecule has 96 valence electrons. The Balaban J connectivity index is 1.84. The fourth-order valence-electron chi connectivity index (χ4n) is 2.10. The van der Waals surface area contributed by atoms with Gasteiger partial charge in [-0.2, -0.15) is 5.10 Å². The van der Waals surface area contributed by atoms with E-state index in [1.165, 1.54) is 16.7 Å².